The van der Waals surface area contributed by atoms with Gasteiger partial charge in [-0.15, -0.1) is 6.58 Å². The number of sulfonamides is 1. The smallest absolute Gasteiger partial charge is 0.256 e. The molecule has 13 heteroatoms. The molecule has 6 rings (SSSR count). The van der Waals surface area contributed by atoms with Crippen LogP contribution in [0.4, 0.5) is 11.6 Å². The molecule has 1 aliphatic carbocycles. The molecule has 3 aliphatic rings. The van der Waals surface area contributed by atoms with Crippen LogP contribution in [0.1, 0.15) is 59.3 Å². The summed E-state index contributed by atoms with van der Waals surface area (Å²) in [6, 6.07) is 5.30. The van der Waals surface area contributed by atoms with Gasteiger partial charge in [0.2, 0.25) is 16.0 Å². The van der Waals surface area contributed by atoms with E-state index in [-0.39, 0.29) is 24.6 Å². The van der Waals surface area contributed by atoms with Gasteiger partial charge >= 0.3 is 0 Å². The van der Waals surface area contributed by atoms with Gasteiger partial charge in [0.05, 0.1) is 29.7 Å². The van der Waals surface area contributed by atoms with E-state index in [4.69, 9.17) is 4.74 Å². The summed E-state index contributed by atoms with van der Waals surface area (Å²) in [5.41, 5.74) is 3.35. The second kappa shape index (κ2) is 12.2. The number of benzene rings is 1. The number of nitrogens with one attached hydrogen (secondary N) is 2. The number of pyridine rings is 1. The Morgan fingerprint density at radius 2 is 1.85 bits per heavy atom. The average molecular weight is 648 g/mol. The first-order valence-corrected chi connectivity index (χ1v) is 17.0. The van der Waals surface area contributed by atoms with Crippen molar-refractivity contribution in [2.24, 2.45) is 0 Å². The van der Waals surface area contributed by atoms with Crippen LogP contribution in [0.15, 0.2) is 48.0 Å². The van der Waals surface area contributed by atoms with Crippen molar-refractivity contribution < 1.29 is 17.9 Å². The maximum atomic E-state index is 14.1. The van der Waals surface area contributed by atoms with Gasteiger partial charge in [0.1, 0.15) is 5.75 Å². The van der Waals surface area contributed by atoms with Gasteiger partial charge in [-0.05, 0) is 62.6 Å². The summed E-state index contributed by atoms with van der Waals surface area (Å²) in [4.78, 5) is 43.1. The molecule has 1 saturated carbocycles. The second-order valence-corrected chi connectivity index (χ2v) is 14.9. The van der Waals surface area contributed by atoms with Crippen molar-refractivity contribution in [2.75, 3.05) is 56.1 Å². The largest absolute Gasteiger partial charge is 0.496 e. The van der Waals surface area contributed by atoms with Crippen LogP contribution in [-0.4, -0.2) is 85.8 Å². The summed E-state index contributed by atoms with van der Waals surface area (Å²) in [5, 5.41) is 2.89. The molecular weight excluding hydrogens is 606 g/mol. The maximum absolute atomic E-state index is 14.1. The Labute approximate surface area is 269 Å². The third-order valence-electron chi connectivity index (χ3n) is 9.40. The molecule has 1 saturated heterocycles. The fourth-order valence-electron chi connectivity index (χ4n) is 6.53. The van der Waals surface area contributed by atoms with Crippen LogP contribution in [-0.2, 0) is 16.6 Å². The summed E-state index contributed by atoms with van der Waals surface area (Å²) in [7, 11) is -0.187. The number of aromatic nitrogens is 3. The maximum Gasteiger partial charge on any atom is 0.256 e. The normalized spacial score (nSPS) is 19.1. The van der Waals surface area contributed by atoms with Gasteiger partial charge in [-0.25, -0.2) is 18.4 Å². The molecule has 2 aromatic heterocycles. The standard InChI is InChI=1S/C33H41N7O5S/c1-6-7-33(8-9-33)46(43,44)40-20-21(2)29-25(30(41)34-19-26-28(45-5)14-22(3)37-31(26)42)15-23(16-27(29)40)24-17-35-32(36-18-24)39-12-10-38(4)11-13-39/h6,14-18,21H,1,7-13,19-20H2,2-5H3,(H,34,41)(H,37,42). The first-order valence-electron chi connectivity index (χ1n) is 15.6. The van der Waals surface area contributed by atoms with Crippen molar-refractivity contribution in [3.8, 4) is 16.9 Å². The second-order valence-electron chi connectivity index (χ2n) is 12.6. The van der Waals surface area contributed by atoms with Crippen molar-refractivity contribution >= 4 is 27.6 Å². The predicted molar refractivity (Wildman–Crippen MR) is 178 cm³/mol. The minimum absolute atomic E-state index is 0.0711. The highest BCUT2D eigenvalue weighted by molar-refractivity contribution is 7.94. The third kappa shape index (κ3) is 5.66. The van der Waals surface area contributed by atoms with E-state index in [0.717, 1.165) is 26.2 Å². The first kappa shape index (κ1) is 31.7. The summed E-state index contributed by atoms with van der Waals surface area (Å²) < 4.78 is 34.3. The van der Waals surface area contributed by atoms with E-state index in [2.05, 4.69) is 43.7 Å². The number of ether oxygens (including phenoxy) is 1. The molecule has 1 atom stereocenters. The number of likely N-dealkylation sites (N-methyl/N-ethyl adjacent to an activating group) is 1. The zero-order valence-electron chi connectivity index (χ0n) is 26.8. The molecule has 0 radical (unpaired) electrons. The number of amides is 1. The number of H-pyrrole nitrogens is 1. The van der Waals surface area contributed by atoms with Crippen molar-refractivity contribution in [1.29, 1.82) is 0 Å². The van der Waals surface area contributed by atoms with E-state index in [1.165, 1.54) is 11.4 Å². The van der Waals surface area contributed by atoms with E-state index in [1.54, 1.807) is 37.5 Å². The van der Waals surface area contributed by atoms with E-state index >= 15 is 0 Å². The number of methoxy groups -OCH3 is 1. The minimum Gasteiger partial charge on any atom is -0.496 e. The van der Waals surface area contributed by atoms with Gasteiger partial charge in [0.15, 0.2) is 0 Å². The number of hydrogen-bond acceptors (Lipinski definition) is 9. The molecule has 1 unspecified atom stereocenters. The van der Waals surface area contributed by atoms with Crippen LogP contribution in [0.2, 0.25) is 0 Å². The number of allylic oxidation sites excluding steroid dienone is 1. The highest BCUT2D eigenvalue weighted by atomic mass is 32.2. The van der Waals surface area contributed by atoms with E-state index in [0.29, 0.717) is 70.2 Å². The van der Waals surface area contributed by atoms with Crippen LogP contribution in [0, 0.1) is 6.92 Å². The number of carbonyl (C=O) groups excluding carboxylic acids is 1. The molecule has 46 heavy (non-hydrogen) atoms. The summed E-state index contributed by atoms with van der Waals surface area (Å²) in [6.07, 6.45) is 6.63. The van der Waals surface area contributed by atoms with E-state index in [1.807, 2.05) is 13.0 Å². The zero-order valence-corrected chi connectivity index (χ0v) is 27.6. The highest BCUT2D eigenvalue weighted by Crippen LogP contribution is 2.52. The fourth-order valence-corrected chi connectivity index (χ4v) is 8.77. The average Bonchev–Trinajstić information content (AvgIpc) is 3.76. The van der Waals surface area contributed by atoms with Crippen molar-refractivity contribution in [3.05, 3.63) is 76.0 Å². The zero-order chi connectivity index (χ0) is 32.8. The predicted octanol–water partition coefficient (Wildman–Crippen LogP) is 3.19. The molecule has 0 bridgehead atoms. The number of piperazine rings is 1. The Morgan fingerprint density at radius 1 is 1.15 bits per heavy atom. The number of fused-ring (bicyclic) bond motifs is 1. The van der Waals surface area contributed by atoms with Crippen LogP contribution >= 0.6 is 0 Å². The van der Waals surface area contributed by atoms with Crippen LogP contribution in [0.5, 0.6) is 5.75 Å². The number of carbonyl (C=O) groups is 1. The highest BCUT2D eigenvalue weighted by Gasteiger charge is 2.57. The molecule has 4 heterocycles. The fraction of sp³-hybridized carbons (Fsp3) is 0.455. The molecule has 2 aliphatic heterocycles. The Bertz CT molecular complexity index is 1830. The molecule has 2 N–H and O–H groups in total. The van der Waals surface area contributed by atoms with Crippen molar-refractivity contribution in [1.82, 2.24) is 25.2 Å². The monoisotopic (exact) mass is 647 g/mol. The van der Waals surface area contributed by atoms with Gasteiger partial charge in [-0.2, -0.15) is 0 Å². The van der Waals surface area contributed by atoms with Gasteiger partial charge in [-0.1, -0.05) is 13.0 Å². The van der Waals surface area contributed by atoms with Crippen molar-refractivity contribution in [3.63, 3.8) is 0 Å². The lowest BCUT2D eigenvalue weighted by Gasteiger charge is -2.32. The number of nitrogens with zero attached hydrogens (tertiary/aromatic N) is 5. The molecule has 1 aromatic carbocycles. The Morgan fingerprint density at radius 3 is 2.48 bits per heavy atom. The van der Waals surface area contributed by atoms with E-state index in [9.17, 15) is 18.0 Å². The van der Waals surface area contributed by atoms with Crippen LogP contribution < -0.4 is 24.8 Å². The Balaban J connectivity index is 1.39. The lowest BCUT2D eigenvalue weighted by Crippen LogP contribution is -2.45. The van der Waals surface area contributed by atoms with Crippen LogP contribution in [0.25, 0.3) is 11.1 Å². The van der Waals surface area contributed by atoms with Crippen molar-refractivity contribution in [2.45, 2.75) is 50.3 Å². The number of anilines is 2. The number of hydrogen-bond donors (Lipinski definition) is 2. The molecular formula is C33H41N7O5S. The number of aromatic amines is 1. The molecule has 1 amide bonds. The van der Waals surface area contributed by atoms with Gasteiger partial charge in [0.25, 0.3) is 11.5 Å². The molecule has 0 spiro atoms. The SMILES string of the molecule is C=CCC1(S(=O)(=O)N2CC(C)c3c(C(=O)NCc4c(OC)cc(C)[nH]c4=O)cc(-c4cnc(N5CCN(C)CC5)nc4)cc32)CC1. The molecule has 3 aromatic rings. The number of aryl methyl sites for hydroxylation is 1. The summed E-state index contributed by atoms with van der Waals surface area (Å²) in [5.74, 6) is 0.340. The number of rotatable bonds is 10. The van der Waals surface area contributed by atoms with Gasteiger partial charge < -0.3 is 24.8 Å². The van der Waals surface area contributed by atoms with E-state index < -0.39 is 20.7 Å². The minimum atomic E-state index is -3.75. The van der Waals surface area contributed by atoms with Crippen LogP contribution in [0.3, 0.4) is 0 Å². The summed E-state index contributed by atoms with van der Waals surface area (Å²) in [6.45, 7) is 11.1. The van der Waals surface area contributed by atoms with Gasteiger partial charge in [0, 0.05) is 67.9 Å². The van der Waals surface area contributed by atoms with Gasteiger partial charge in [-0.3, -0.25) is 13.9 Å². The first-order chi connectivity index (χ1) is 22.0. The quantitative estimate of drug-likeness (QED) is 0.318. The lowest BCUT2D eigenvalue weighted by molar-refractivity contribution is 0.0949. The summed E-state index contributed by atoms with van der Waals surface area (Å²) >= 11 is 0. The third-order valence-corrected chi connectivity index (χ3v) is 12.0. The molecule has 12 nitrogen and oxygen atoms in total. The topological polar surface area (TPSA) is 141 Å². The Hall–Kier alpha value is -4.23. The lowest BCUT2D eigenvalue weighted by atomic mass is 9.93. The molecule has 2 fully saturated rings. The molecule has 244 valence electrons. The Kier molecular flexibility index (Phi) is 8.40.